The average molecular weight is 435 g/mol. The fraction of sp³-hybridized carbons (Fsp3) is 0.0370. The van der Waals surface area contributed by atoms with Crippen molar-refractivity contribution in [1.82, 2.24) is 19.9 Å². The van der Waals surface area contributed by atoms with Crippen LogP contribution in [-0.4, -0.2) is 19.9 Å². The molecule has 4 aromatic rings. The number of aromatic amines is 2. The first-order chi connectivity index (χ1) is 15.7. The fourth-order valence-corrected chi connectivity index (χ4v) is 4.20. The highest BCUT2D eigenvalue weighted by molar-refractivity contribution is 6.17. The van der Waals surface area contributed by atoms with E-state index in [2.05, 4.69) is 76.7 Å². The van der Waals surface area contributed by atoms with Crippen LogP contribution >= 0.6 is 11.6 Å². The summed E-state index contributed by atoms with van der Waals surface area (Å²) in [7, 11) is 0. The minimum absolute atomic E-state index is 0.505. The van der Waals surface area contributed by atoms with Crippen LogP contribution in [0, 0.1) is 0 Å². The van der Waals surface area contributed by atoms with Gasteiger partial charge in [-0.3, -0.25) is 0 Å². The molecule has 0 unspecified atom stereocenters. The summed E-state index contributed by atoms with van der Waals surface area (Å²) in [5.41, 5.74) is 11.0. The maximum atomic E-state index is 5.98. The van der Waals surface area contributed by atoms with E-state index in [9.17, 15) is 0 Å². The molecule has 5 heteroatoms. The number of halogens is 1. The summed E-state index contributed by atoms with van der Waals surface area (Å²) < 4.78 is 0. The first-order valence-corrected chi connectivity index (χ1v) is 11.0. The Kier molecular flexibility index (Phi) is 4.51. The van der Waals surface area contributed by atoms with E-state index in [1.807, 2.05) is 24.3 Å². The van der Waals surface area contributed by atoms with Crippen LogP contribution in [0.5, 0.6) is 0 Å². The Hall–Kier alpha value is -3.89. The highest BCUT2D eigenvalue weighted by Gasteiger charge is 2.13. The Balaban J connectivity index is 1.60. The lowest BCUT2D eigenvalue weighted by molar-refractivity contribution is 1.30. The molecule has 0 fully saturated rings. The maximum absolute atomic E-state index is 5.98. The van der Waals surface area contributed by atoms with Gasteiger partial charge in [-0.05, 0) is 77.9 Å². The van der Waals surface area contributed by atoms with E-state index in [0.717, 1.165) is 61.5 Å². The van der Waals surface area contributed by atoms with E-state index in [4.69, 9.17) is 21.6 Å². The Morgan fingerprint density at radius 3 is 1.78 bits per heavy atom. The van der Waals surface area contributed by atoms with Gasteiger partial charge in [-0.1, -0.05) is 24.3 Å². The molecule has 0 spiro atoms. The monoisotopic (exact) mass is 434 g/mol. The number of aromatic nitrogens is 4. The van der Waals surface area contributed by atoms with Gasteiger partial charge in [0.2, 0.25) is 0 Å². The second-order valence-corrected chi connectivity index (χ2v) is 8.19. The lowest BCUT2D eigenvalue weighted by atomic mass is 10.0. The lowest BCUT2D eigenvalue weighted by Gasteiger charge is -2.03. The molecule has 2 aliphatic heterocycles. The van der Waals surface area contributed by atoms with Gasteiger partial charge in [0.1, 0.15) is 0 Å². The molecule has 0 aliphatic carbocycles. The highest BCUT2D eigenvalue weighted by Crippen LogP contribution is 2.29. The van der Waals surface area contributed by atoms with E-state index in [1.165, 1.54) is 0 Å². The molecule has 6 rings (SSSR count). The number of alkyl halides is 1. The number of nitrogens with one attached hydrogen (secondary N) is 2. The number of nitrogens with zero attached hydrogens (tertiary/aromatic N) is 2. The molecule has 0 saturated heterocycles. The van der Waals surface area contributed by atoms with Gasteiger partial charge in [-0.15, -0.1) is 11.6 Å². The normalized spacial score (nSPS) is 12.7. The number of rotatable bonds is 2. The number of fused-ring (bicyclic) bond motifs is 8. The number of hydrogen-bond donors (Lipinski definition) is 2. The minimum Gasteiger partial charge on any atom is -0.355 e. The van der Waals surface area contributed by atoms with Crippen LogP contribution in [0.15, 0.2) is 72.8 Å². The summed E-state index contributed by atoms with van der Waals surface area (Å²) >= 11 is 5.98. The van der Waals surface area contributed by atoms with Crippen LogP contribution in [0.1, 0.15) is 33.9 Å². The first kappa shape index (κ1) is 18.8. The van der Waals surface area contributed by atoms with Gasteiger partial charge in [0.15, 0.2) is 0 Å². The van der Waals surface area contributed by atoms with Crippen LogP contribution in [0.4, 0.5) is 0 Å². The number of hydrogen-bond acceptors (Lipinski definition) is 2. The molecule has 4 nitrogen and oxygen atoms in total. The van der Waals surface area contributed by atoms with Crippen LogP contribution in [0.2, 0.25) is 0 Å². The van der Waals surface area contributed by atoms with Crippen molar-refractivity contribution in [2.24, 2.45) is 0 Å². The third-order valence-electron chi connectivity index (χ3n) is 5.58. The van der Waals surface area contributed by atoms with Crippen molar-refractivity contribution in [3.63, 3.8) is 0 Å². The Labute approximate surface area is 190 Å². The molecule has 8 bridgehead atoms. The standard InChI is InChI=1S/C27H19ClN4/c28-16-17-1-3-18(4-2-17)26-14-25-13-23-8-7-21(30-23)11-19-5-6-20(29-19)12-22-9-10-24(31-22)15-27(26)32-25/h1-15,30-31H,16H2. The van der Waals surface area contributed by atoms with Crippen molar-refractivity contribution in [3.8, 4) is 0 Å². The Bertz CT molecular complexity index is 1550. The number of H-pyrrole nitrogens is 2. The van der Waals surface area contributed by atoms with E-state index in [-0.39, 0.29) is 0 Å². The molecule has 3 aromatic heterocycles. The second kappa shape index (κ2) is 7.66. The van der Waals surface area contributed by atoms with Gasteiger partial charge in [-0.25, -0.2) is 9.97 Å². The van der Waals surface area contributed by atoms with Crippen molar-refractivity contribution in [2.45, 2.75) is 5.88 Å². The van der Waals surface area contributed by atoms with E-state index >= 15 is 0 Å². The SMILES string of the molecule is ClCc1ccc(C2=Cc3cc4ccc(cc5nc(cc6ccc(cc2n3)[nH]6)C=C5)[nH]4)cc1. The molecule has 0 saturated carbocycles. The van der Waals surface area contributed by atoms with Crippen molar-refractivity contribution < 1.29 is 0 Å². The van der Waals surface area contributed by atoms with Crippen molar-refractivity contribution in [3.05, 3.63) is 107 Å². The van der Waals surface area contributed by atoms with Crippen molar-refractivity contribution in [2.75, 3.05) is 0 Å². The summed E-state index contributed by atoms with van der Waals surface area (Å²) in [6.45, 7) is 0. The molecule has 2 aliphatic rings. The molecule has 154 valence electrons. The zero-order chi connectivity index (χ0) is 21.5. The Morgan fingerprint density at radius 2 is 1.19 bits per heavy atom. The largest absolute Gasteiger partial charge is 0.355 e. The zero-order valence-corrected chi connectivity index (χ0v) is 17.9. The van der Waals surface area contributed by atoms with E-state index in [1.54, 1.807) is 0 Å². The molecule has 1 aromatic carbocycles. The van der Waals surface area contributed by atoms with Gasteiger partial charge < -0.3 is 9.97 Å². The van der Waals surface area contributed by atoms with E-state index in [0.29, 0.717) is 5.88 Å². The summed E-state index contributed by atoms with van der Waals surface area (Å²) in [6.07, 6.45) is 6.18. The summed E-state index contributed by atoms with van der Waals surface area (Å²) in [5, 5.41) is 0. The molecule has 2 N–H and O–H groups in total. The van der Waals surface area contributed by atoms with Crippen LogP contribution in [0.3, 0.4) is 0 Å². The van der Waals surface area contributed by atoms with Crippen molar-refractivity contribution >= 4 is 57.5 Å². The predicted octanol–water partition coefficient (Wildman–Crippen LogP) is 6.81. The quantitative estimate of drug-likeness (QED) is 0.294. The molecule has 0 radical (unpaired) electrons. The number of benzene rings is 1. The van der Waals surface area contributed by atoms with Gasteiger partial charge in [-0.2, -0.15) is 0 Å². The smallest absolute Gasteiger partial charge is 0.0736 e. The first-order valence-electron chi connectivity index (χ1n) is 10.5. The molecule has 0 atom stereocenters. The molecule has 32 heavy (non-hydrogen) atoms. The van der Waals surface area contributed by atoms with Gasteiger partial charge >= 0.3 is 0 Å². The highest BCUT2D eigenvalue weighted by atomic mass is 35.5. The average Bonchev–Trinajstić information content (AvgIpc) is 3.59. The molecular formula is C27H19ClN4. The van der Waals surface area contributed by atoms with Gasteiger partial charge in [0, 0.05) is 33.5 Å². The summed E-state index contributed by atoms with van der Waals surface area (Å²) in [6, 6.07) is 24.8. The third-order valence-corrected chi connectivity index (χ3v) is 5.89. The van der Waals surface area contributed by atoms with Crippen LogP contribution in [0.25, 0.3) is 45.9 Å². The minimum atomic E-state index is 0.505. The van der Waals surface area contributed by atoms with Gasteiger partial charge in [0.25, 0.3) is 0 Å². The topological polar surface area (TPSA) is 57.4 Å². The van der Waals surface area contributed by atoms with Crippen molar-refractivity contribution in [1.29, 1.82) is 0 Å². The van der Waals surface area contributed by atoms with E-state index < -0.39 is 0 Å². The Morgan fingerprint density at radius 1 is 0.625 bits per heavy atom. The van der Waals surface area contributed by atoms with Crippen LogP contribution < -0.4 is 0 Å². The molecule has 5 heterocycles. The molecular weight excluding hydrogens is 416 g/mol. The lowest BCUT2D eigenvalue weighted by Crippen LogP contribution is -1.86. The van der Waals surface area contributed by atoms with Gasteiger partial charge in [0.05, 0.1) is 22.8 Å². The maximum Gasteiger partial charge on any atom is 0.0736 e. The second-order valence-electron chi connectivity index (χ2n) is 7.92. The third kappa shape index (κ3) is 3.66. The summed E-state index contributed by atoms with van der Waals surface area (Å²) in [4.78, 5) is 16.5. The predicted molar refractivity (Wildman–Crippen MR) is 133 cm³/mol. The summed E-state index contributed by atoms with van der Waals surface area (Å²) in [5.74, 6) is 0.505. The molecule has 0 amide bonds. The zero-order valence-electron chi connectivity index (χ0n) is 17.1. The fourth-order valence-electron chi connectivity index (χ4n) is 4.02. The van der Waals surface area contributed by atoms with Crippen LogP contribution in [-0.2, 0) is 5.88 Å².